The van der Waals surface area contributed by atoms with Crippen LogP contribution >= 0.6 is 12.4 Å². The van der Waals surface area contributed by atoms with Gasteiger partial charge in [-0.05, 0) is 66.6 Å². The summed E-state index contributed by atoms with van der Waals surface area (Å²) in [7, 11) is 0. The molecule has 0 bridgehead atoms. The van der Waals surface area contributed by atoms with Gasteiger partial charge in [-0.3, -0.25) is 4.79 Å². The molecule has 1 amide bonds. The van der Waals surface area contributed by atoms with Gasteiger partial charge in [0.05, 0.1) is 17.3 Å². The molecule has 2 heterocycles. The molecule has 1 unspecified atom stereocenters. The maximum absolute atomic E-state index is 13.3. The molecule has 4 rings (SSSR count). The summed E-state index contributed by atoms with van der Waals surface area (Å²) in [6.45, 7) is 0.775. The Bertz CT molecular complexity index is 1090. The van der Waals surface area contributed by atoms with Gasteiger partial charge in [0.2, 0.25) is 0 Å². The van der Waals surface area contributed by atoms with Crippen molar-refractivity contribution in [3.8, 4) is 28.1 Å². The first-order valence-electron chi connectivity index (χ1n) is 9.50. The van der Waals surface area contributed by atoms with Gasteiger partial charge in [0.1, 0.15) is 11.4 Å². The van der Waals surface area contributed by atoms with E-state index in [4.69, 9.17) is 5.73 Å². The normalized spacial score (nSPS) is 15.7. The van der Waals surface area contributed by atoms with Gasteiger partial charge in [0.15, 0.2) is 0 Å². The minimum Gasteiger partial charge on any atom is -0.508 e. The average molecular weight is 452 g/mol. The first-order valence-corrected chi connectivity index (χ1v) is 9.50. The summed E-state index contributed by atoms with van der Waals surface area (Å²) < 4.78 is 41.7. The quantitative estimate of drug-likeness (QED) is 0.542. The van der Waals surface area contributed by atoms with Crippen LogP contribution in [0.15, 0.2) is 54.6 Å². The molecule has 0 radical (unpaired) electrons. The summed E-state index contributed by atoms with van der Waals surface area (Å²) in [5.74, 6) is -0.220. The predicted molar refractivity (Wildman–Crippen MR) is 114 cm³/mol. The molecule has 31 heavy (non-hydrogen) atoms. The van der Waals surface area contributed by atoms with Gasteiger partial charge in [-0.15, -0.1) is 12.4 Å². The summed E-state index contributed by atoms with van der Waals surface area (Å²) in [6.07, 6.45) is -3.89. The van der Waals surface area contributed by atoms with E-state index in [2.05, 4.69) is 5.32 Å². The molecule has 1 atom stereocenters. The van der Waals surface area contributed by atoms with E-state index in [0.29, 0.717) is 47.6 Å². The molecular formula is C22H21ClF3N3O2. The molecular weight excluding hydrogens is 431 g/mol. The Hall–Kier alpha value is -2.97. The maximum atomic E-state index is 13.3. The van der Waals surface area contributed by atoms with Gasteiger partial charge in [-0.25, -0.2) is 0 Å². The molecule has 0 spiro atoms. The van der Waals surface area contributed by atoms with Crippen LogP contribution in [0.3, 0.4) is 0 Å². The van der Waals surface area contributed by atoms with Crippen molar-refractivity contribution >= 4 is 18.3 Å². The average Bonchev–Trinajstić information content (AvgIpc) is 3.12. The Morgan fingerprint density at radius 3 is 2.45 bits per heavy atom. The number of nitrogens with one attached hydrogen (secondary N) is 1. The number of amides is 1. The highest BCUT2D eigenvalue weighted by Crippen LogP contribution is 2.41. The molecule has 9 heteroatoms. The standard InChI is InChI=1S/C22H20F3N3O2.ClH/c23-22(24,25)15-3-1-2-14(10-15)18-11-19-21(30)27-12-16(8-9-26)28(19)20(18)13-4-6-17(29)7-5-13;/h1-7,10-11,16,29H,8-9,12,26H2,(H,27,30);1H. The number of rotatable bonds is 4. The van der Waals surface area contributed by atoms with Gasteiger partial charge in [0, 0.05) is 12.1 Å². The number of nitrogens with zero attached hydrogens (tertiary/aromatic N) is 1. The molecule has 0 fully saturated rings. The van der Waals surface area contributed by atoms with Crippen LogP contribution in [0.5, 0.6) is 5.75 Å². The largest absolute Gasteiger partial charge is 0.508 e. The molecule has 3 aromatic rings. The SMILES string of the molecule is Cl.NCCC1CNC(=O)c2cc(-c3cccc(C(F)(F)F)c3)c(-c3ccc(O)cc3)n21. The predicted octanol–water partition coefficient (Wildman–Crippen LogP) is 4.60. The summed E-state index contributed by atoms with van der Waals surface area (Å²) in [6, 6.07) is 12.9. The minimum absolute atomic E-state index is 0. The smallest absolute Gasteiger partial charge is 0.416 e. The van der Waals surface area contributed by atoms with Crippen molar-refractivity contribution in [2.75, 3.05) is 13.1 Å². The lowest BCUT2D eigenvalue weighted by Gasteiger charge is -2.28. The number of carbonyl (C=O) groups is 1. The van der Waals surface area contributed by atoms with Gasteiger partial charge in [0.25, 0.3) is 5.91 Å². The fourth-order valence-electron chi connectivity index (χ4n) is 3.89. The van der Waals surface area contributed by atoms with Crippen LogP contribution in [0.25, 0.3) is 22.4 Å². The molecule has 1 aliphatic heterocycles. The lowest BCUT2D eigenvalue weighted by molar-refractivity contribution is -0.137. The summed E-state index contributed by atoms with van der Waals surface area (Å²) >= 11 is 0. The zero-order valence-corrected chi connectivity index (χ0v) is 17.1. The first-order chi connectivity index (χ1) is 14.3. The number of benzene rings is 2. The minimum atomic E-state index is -4.48. The number of hydrogen-bond donors (Lipinski definition) is 3. The highest BCUT2D eigenvalue weighted by molar-refractivity contribution is 5.98. The number of aromatic nitrogens is 1. The molecule has 2 aromatic carbocycles. The van der Waals surface area contributed by atoms with Crippen molar-refractivity contribution in [2.24, 2.45) is 5.73 Å². The van der Waals surface area contributed by atoms with Gasteiger partial charge >= 0.3 is 6.18 Å². The number of nitrogens with two attached hydrogens (primary N) is 1. The van der Waals surface area contributed by atoms with E-state index in [-0.39, 0.29) is 30.1 Å². The van der Waals surface area contributed by atoms with E-state index in [1.807, 2.05) is 4.57 Å². The summed E-state index contributed by atoms with van der Waals surface area (Å²) in [4.78, 5) is 12.6. The van der Waals surface area contributed by atoms with Crippen molar-refractivity contribution in [2.45, 2.75) is 18.6 Å². The van der Waals surface area contributed by atoms with E-state index in [1.54, 1.807) is 24.3 Å². The van der Waals surface area contributed by atoms with Crippen LogP contribution in [0, 0.1) is 0 Å². The van der Waals surface area contributed by atoms with E-state index in [1.165, 1.54) is 18.2 Å². The van der Waals surface area contributed by atoms with E-state index >= 15 is 0 Å². The number of aromatic hydroxyl groups is 1. The third kappa shape index (κ3) is 4.26. The second kappa shape index (κ2) is 8.64. The number of phenols is 1. The maximum Gasteiger partial charge on any atom is 0.416 e. The van der Waals surface area contributed by atoms with Crippen molar-refractivity contribution in [1.29, 1.82) is 0 Å². The van der Waals surface area contributed by atoms with Gasteiger partial charge < -0.3 is 20.7 Å². The molecule has 0 aliphatic carbocycles. The lowest BCUT2D eigenvalue weighted by atomic mass is 9.99. The summed E-state index contributed by atoms with van der Waals surface area (Å²) in [5.41, 5.74) is 7.55. The van der Waals surface area contributed by atoms with Crippen LogP contribution in [-0.2, 0) is 6.18 Å². The summed E-state index contributed by atoms with van der Waals surface area (Å²) in [5, 5.41) is 12.5. The second-order valence-electron chi connectivity index (χ2n) is 7.23. The van der Waals surface area contributed by atoms with Crippen LogP contribution in [0.1, 0.15) is 28.5 Å². The van der Waals surface area contributed by atoms with Crippen LogP contribution in [-0.4, -0.2) is 28.7 Å². The molecule has 4 N–H and O–H groups in total. The zero-order valence-electron chi connectivity index (χ0n) is 16.3. The van der Waals surface area contributed by atoms with Crippen LogP contribution < -0.4 is 11.1 Å². The third-order valence-electron chi connectivity index (χ3n) is 5.27. The Labute approximate surface area is 183 Å². The van der Waals surface area contributed by atoms with Crippen molar-refractivity contribution < 1.29 is 23.1 Å². The monoisotopic (exact) mass is 451 g/mol. The third-order valence-corrected chi connectivity index (χ3v) is 5.27. The molecule has 5 nitrogen and oxygen atoms in total. The van der Waals surface area contributed by atoms with Gasteiger partial charge in [-0.1, -0.05) is 12.1 Å². The van der Waals surface area contributed by atoms with Crippen molar-refractivity contribution in [1.82, 2.24) is 9.88 Å². The van der Waals surface area contributed by atoms with E-state index < -0.39 is 11.7 Å². The number of phenolic OH excluding ortho intramolecular Hbond substituents is 1. The molecule has 164 valence electrons. The Morgan fingerprint density at radius 2 is 1.81 bits per heavy atom. The topological polar surface area (TPSA) is 80.3 Å². The number of fused-ring (bicyclic) bond motifs is 1. The Morgan fingerprint density at radius 1 is 1.10 bits per heavy atom. The fraction of sp³-hybridized carbons (Fsp3) is 0.227. The van der Waals surface area contributed by atoms with Crippen molar-refractivity contribution in [3.05, 3.63) is 65.9 Å². The molecule has 1 aliphatic rings. The van der Waals surface area contributed by atoms with Crippen LogP contribution in [0.2, 0.25) is 0 Å². The van der Waals surface area contributed by atoms with E-state index in [9.17, 15) is 23.1 Å². The van der Waals surface area contributed by atoms with Crippen molar-refractivity contribution in [3.63, 3.8) is 0 Å². The first kappa shape index (κ1) is 22.7. The fourth-order valence-corrected chi connectivity index (χ4v) is 3.89. The number of carbonyl (C=O) groups excluding carboxylic acids is 1. The Balaban J connectivity index is 0.00000272. The molecule has 1 aromatic heterocycles. The van der Waals surface area contributed by atoms with Gasteiger partial charge in [-0.2, -0.15) is 13.2 Å². The second-order valence-corrected chi connectivity index (χ2v) is 7.23. The number of hydrogen-bond acceptors (Lipinski definition) is 3. The number of alkyl halides is 3. The lowest BCUT2D eigenvalue weighted by Crippen LogP contribution is -2.39. The van der Waals surface area contributed by atoms with E-state index in [0.717, 1.165) is 12.1 Å². The number of halogens is 4. The van der Waals surface area contributed by atoms with Crippen LogP contribution in [0.4, 0.5) is 13.2 Å². The highest BCUT2D eigenvalue weighted by atomic mass is 35.5. The highest BCUT2D eigenvalue weighted by Gasteiger charge is 2.33. The zero-order chi connectivity index (χ0) is 21.5. The molecule has 0 saturated heterocycles. The Kier molecular flexibility index (Phi) is 6.33. The molecule has 0 saturated carbocycles.